The highest BCUT2D eigenvalue weighted by atomic mass is 32.2. The molecule has 2 heterocycles. The van der Waals surface area contributed by atoms with Crippen molar-refractivity contribution >= 4 is 31.6 Å². The summed E-state index contributed by atoms with van der Waals surface area (Å²) in [5.41, 5.74) is 3.90. The Bertz CT molecular complexity index is 1470. The molecule has 9 heteroatoms. The molecule has 7 nitrogen and oxygen atoms in total. The topological polar surface area (TPSA) is 109 Å². The van der Waals surface area contributed by atoms with Crippen LogP contribution in [0.4, 0.5) is 0 Å². The van der Waals surface area contributed by atoms with Crippen LogP contribution in [0, 0.1) is 13.8 Å². The summed E-state index contributed by atoms with van der Waals surface area (Å²) in [6, 6.07) is 14.6. The molecule has 1 atom stereocenters. The predicted molar refractivity (Wildman–Crippen MR) is 133 cm³/mol. The molecule has 1 unspecified atom stereocenters. The van der Waals surface area contributed by atoms with Crippen LogP contribution < -0.4 is 10.7 Å². The summed E-state index contributed by atoms with van der Waals surface area (Å²) in [4.78, 5) is 24.6. The monoisotopic (exact) mass is 482 g/mol. The van der Waals surface area contributed by atoms with E-state index in [0.29, 0.717) is 17.8 Å². The van der Waals surface area contributed by atoms with Crippen LogP contribution >= 0.6 is 11.3 Å². The minimum absolute atomic E-state index is 0.0336. The number of hydrogen-bond acceptors (Lipinski definition) is 6. The Morgan fingerprint density at radius 3 is 2.33 bits per heavy atom. The summed E-state index contributed by atoms with van der Waals surface area (Å²) in [6.07, 6.45) is 0. The molecule has 0 saturated carbocycles. The number of nitrogens with zero attached hydrogens (tertiary/aromatic N) is 2. The van der Waals surface area contributed by atoms with Gasteiger partial charge in [-0.2, -0.15) is 0 Å². The van der Waals surface area contributed by atoms with E-state index in [-0.39, 0.29) is 16.5 Å². The second-order valence-corrected chi connectivity index (χ2v) is 11.1. The number of nitrogens with one attached hydrogen (secondary N) is 1. The Morgan fingerprint density at radius 1 is 1.09 bits per heavy atom. The molecule has 0 fully saturated rings. The molecular formula is C24H26N4O3S2. The first kappa shape index (κ1) is 23.3. The fourth-order valence-electron chi connectivity index (χ4n) is 3.87. The Hall–Kier alpha value is -2.85. The Kier molecular flexibility index (Phi) is 6.24. The average Bonchev–Trinajstić information content (AvgIpc) is 3.09. The SMILES string of the molecule is Cc1ccc(-c2c(C)sc3nc(CN(C)C(C)c4ccc(S(N)(=O)=O)cc4)[nH]c(=O)c23)cc1. The zero-order valence-corrected chi connectivity index (χ0v) is 20.5. The third-order valence-electron chi connectivity index (χ3n) is 5.88. The van der Waals surface area contributed by atoms with E-state index in [1.807, 2.05) is 57.0 Å². The van der Waals surface area contributed by atoms with Crippen LogP contribution in [0.5, 0.6) is 0 Å². The van der Waals surface area contributed by atoms with E-state index in [1.54, 1.807) is 12.1 Å². The van der Waals surface area contributed by atoms with E-state index in [2.05, 4.69) is 4.98 Å². The molecular weight excluding hydrogens is 456 g/mol. The first-order chi connectivity index (χ1) is 15.5. The van der Waals surface area contributed by atoms with Gasteiger partial charge in [0, 0.05) is 16.5 Å². The van der Waals surface area contributed by atoms with Crippen LogP contribution in [0.1, 0.15) is 34.8 Å². The number of aryl methyl sites for hydroxylation is 2. The maximum Gasteiger partial charge on any atom is 0.260 e. The van der Waals surface area contributed by atoms with Gasteiger partial charge in [0.05, 0.1) is 16.8 Å². The van der Waals surface area contributed by atoms with Gasteiger partial charge in [0.25, 0.3) is 5.56 Å². The molecule has 0 spiro atoms. The lowest BCUT2D eigenvalue weighted by atomic mass is 10.0. The summed E-state index contributed by atoms with van der Waals surface area (Å²) < 4.78 is 23.0. The van der Waals surface area contributed by atoms with Gasteiger partial charge in [-0.05, 0) is 51.1 Å². The van der Waals surface area contributed by atoms with Gasteiger partial charge in [0.15, 0.2) is 0 Å². The molecule has 0 saturated heterocycles. The summed E-state index contributed by atoms with van der Waals surface area (Å²) in [5, 5.41) is 5.81. The second-order valence-electron chi connectivity index (χ2n) is 8.30. The van der Waals surface area contributed by atoms with Crippen molar-refractivity contribution in [3.63, 3.8) is 0 Å². The van der Waals surface area contributed by atoms with Crippen LogP contribution in [-0.2, 0) is 16.6 Å². The summed E-state index contributed by atoms with van der Waals surface area (Å²) in [5.74, 6) is 0.583. The zero-order valence-electron chi connectivity index (χ0n) is 18.9. The summed E-state index contributed by atoms with van der Waals surface area (Å²) in [7, 11) is -1.80. The minimum Gasteiger partial charge on any atom is -0.309 e. The highest BCUT2D eigenvalue weighted by Crippen LogP contribution is 2.35. The Balaban J connectivity index is 1.61. The number of nitrogens with two attached hydrogens (primary N) is 1. The molecule has 0 radical (unpaired) electrons. The Morgan fingerprint density at radius 2 is 1.73 bits per heavy atom. The number of benzene rings is 2. The fourth-order valence-corrected chi connectivity index (χ4v) is 5.45. The van der Waals surface area contributed by atoms with Gasteiger partial charge in [0.2, 0.25) is 10.0 Å². The first-order valence-corrected chi connectivity index (χ1v) is 12.8. The van der Waals surface area contributed by atoms with E-state index in [0.717, 1.165) is 26.4 Å². The Labute approximate surface area is 197 Å². The lowest BCUT2D eigenvalue weighted by Gasteiger charge is -2.24. The van der Waals surface area contributed by atoms with Gasteiger partial charge in [-0.15, -0.1) is 11.3 Å². The first-order valence-electron chi connectivity index (χ1n) is 10.5. The molecule has 0 aliphatic heterocycles. The van der Waals surface area contributed by atoms with Gasteiger partial charge in [-0.25, -0.2) is 18.5 Å². The van der Waals surface area contributed by atoms with Crippen LogP contribution in [0.3, 0.4) is 0 Å². The van der Waals surface area contributed by atoms with Gasteiger partial charge in [-0.3, -0.25) is 9.69 Å². The highest BCUT2D eigenvalue weighted by Gasteiger charge is 2.19. The van der Waals surface area contributed by atoms with Crippen molar-refractivity contribution in [1.82, 2.24) is 14.9 Å². The number of hydrogen-bond donors (Lipinski definition) is 2. The molecule has 4 aromatic rings. The number of rotatable bonds is 6. The van der Waals surface area contributed by atoms with Gasteiger partial charge in [0.1, 0.15) is 10.7 Å². The van der Waals surface area contributed by atoms with E-state index in [9.17, 15) is 13.2 Å². The van der Waals surface area contributed by atoms with Gasteiger partial charge < -0.3 is 4.98 Å². The van der Waals surface area contributed by atoms with Crippen molar-refractivity contribution in [2.75, 3.05) is 7.05 Å². The van der Waals surface area contributed by atoms with E-state index in [1.165, 1.54) is 29.0 Å². The molecule has 0 amide bonds. The zero-order chi connectivity index (χ0) is 23.9. The largest absolute Gasteiger partial charge is 0.309 e. The van der Waals surface area contributed by atoms with Crippen LogP contribution in [-0.4, -0.2) is 30.3 Å². The smallest absolute Gasteiger partial charge is 0.260 e. The van der Waals surface area contributed by atoms with Crippen LogP contribution in [0.25, 0.3) is 21.3 Å². The minimum atomic E-state index is -3.73. The lowest BCUT2D eigenvalue weighted by molar-refractivity contribution is 0.247. The van der Waals surface area contributed by atoms with Gasteiger partial charge >= 0.3 is 0 Å². The summed E-state index contributed by atoms with van der Waals surface area (Å²) in [6.45, 7) is 6.49. The number of aromatic nitrogens is 2. The van der Waals surface area contributed by atoms with Crippen molar-refractivity contribution in [1.29, 1.82) is 0 Å². The van der Waals surface area contributed by atoms with Crippen molar-refractivity contribution < 1.29 is 8.42 Å². The molecule has 4 rings (SSSR count). The molecule has 172 valence electrons. The molecule has 2 aromatic heterocycles. The number of sulfonamides is 1. The van der Waals surface area contributed by atoms with Crippen molar-refractivity contribution in [2.45, 2.75) is 38.3 Å². The summed E-state index contributed by atoms with van der Waals surface area (Å²) >= 11 is 1.52. The number of H-pyrrole nitrogens is 1. The quantitative estimate of drug-likeness (QED) is 0.430. The van der Waals surface area contributed by atoms with E-state index in [4.69, 9.17) is 10.1 Å². The maximum atomic E-state index is 13.1. The normalized spacial score (nSPS) is 13.0. The molecule has 33 heavy (non-hydrogen) atoms. The van der Waals surface area contributed by atoms with E-state index < -0.39 is 10.0 Å². The molecule has 3 N–H and O–H groups in total. The molecule has 0 bridgehead atoms. The molecule has 2 aromatic carbocycles. The number of aromatic amines is 1. The van der Waals surface area contributed by atoms with Crippen molar-refractivity contribution in [3.8, 4) is 11.1 Å². The van der Waals surface area contributed by atoms with Crippen molar-refractivity contribution in [2.24, 2.45) is 5.14 Å². The van der Waals surface area contributed by atoms with Crippen molar-refractivity contribution in [3.05, 3.63) is 80.7 Å². The fraction of sp³-hybridized carbons (Fsp3) is 0.250. The molecule has 0 aliphatic rings. The van der Waals surface area contributed by atoms with Crippen LogP contribution in [0.2, 0.25) is 0 Å². The third kappa shape index (κ3) is 4.77. The third-order valence-corrected chi connectivity index (χ3v) is 7.81. The predicted octanol–water partition coefficient (Wildman–Crippen LogP) is 4.11. The highest BCUT2D eigenvalue weighted by molar-refractivity contribution is 7.89. The van der Waals surface area contributed by atoms with Crippen LogP contribution in [0.15, 0.2) is 58.2 Å². The number of fused-ring (bicyclic) bond motifs is 1. The van der Waals surface area contributed by atoms with E-state index >= 15 is 0 Å². The second kappa shape index (κ2) is 8.83. The standard InChI is InChI=1S/C24H26N4O3S2/c1-14-5-7-18(8-6-14)21-16(3)32-24-22(21)23(29)26-20(27-24)13-28(4)15(2)17-9-11-19(12-10-17)33(25,30)31/h5-12,15H,13H2,1-4H3,(H2,25,30,31)(H,26,27,29). The number of thiophene rings is 1. The lowest BCUT2D eigenvalue weighted by Crippen LogP contribution is -2.25. The average molecular weight is 483 g/mol. The molecule has 0 aliphatic carbocycles. The van der Waals surface area contributed by atoms with Gasteiger partial charge in [-0.1, -0.05) is 42.0 Å². The maximum absolute atomic E-state index is 13.1. The number of primary sulfonamides is 1.